The molecule has 0 fully saturated rings. The van der Waals surface area contributed by atoms with Crippen LogP contribution in [-0.4, -0.2) is 26.4 Å². The van der Waals surface area contributed by atoms with Gasteiger partial charge in [0.2, 0.25) is 0 Å². The number of aromatic nitrogens is 4. The second-order valence-electron chi connectivity index (χ2n) is 3.50. The van der Waals surface area contributed by atoms with Crippen molar-refractivity contribution in [3.05, 3.63) is 5.82 Å². The van der Waals surface area contributed by atoms with Crippen molar-refractivity contribution in [2.24, 2.45) is 0 Å². The van der Waals surface area contributed by atoms with Gasteiger partial charge in [-0.2, -0.15) is 5.21 Å². The lowest BCUT2D eigenvalue weighted by atomic mass is 9.87. The number of Topliss-reactive ketones (excluding diaryl/α,β-unsaturated/α-hetero) is 1. The van der Waals surface area contributed by atoms with E-state index in [-0.39, 0.29) is 11.2 Å². The number of nitrogens with one attached hydrogen (secondary N) is 1. The SMILES string of the molecule is CC.CC.CC(=O)CC(C)(C)c1nn[nH]n1. The van der Waals surface area contributed by atoms with E-state index in [0.717, 1.165) is 0 Å². The Morgan fingerprint density at radius 2 is 1.75 bits per heavy atom. The van der Waals surface area contributed by atoms with E-state index in [1.54, 1.807) is 6.92 Å². The Bertz CT molecular complexity index is 268. The third kappa shape index (κ3) is 6.27. The highest BCUT2D eigenvalue weighted by Crippen LogP contribution is 2.22. The smallest absolute Gasteiger partial charge is 0.180 e. The van der Waals surface area contributed by atoms with Crippen LogP contribution in [0.2, 0.25) is 0 Å². The molecule has 5 heteroatoms. The van der Waals surface area contributed by atoms with Gasteiger partial charge >= 0.3 is 0 Å². The molecular formula is C11H24N4O. The van der Waals surface area contributed by atoms with Crippen molar-refractivity contribution in [2.45, 2.75) is 60.3 Å². The van der Waals surface area contributed by atoms with Gasteiger partial charge in [-0.05, 0) is 6.92 Å². The van der Waals surface area contributed by atoms with Crippen LogP contribution in [0.3, 0.4) is 0 Å². The number of tetrazole rings is 1. The van der Waals surface area contributed by atoms with Gasteiger partial charge < -0.3 is 0 Å². The van der Waals surface area contributed by atoms with Crippen molar-refractivity contribution < 1.29 is 4.79 Å². The minimum Gasteiger partial charge on any atom is -0.300 e. The molecule has 0 aliphatic carbocycles. The van der Waals surface area contributed by atoms with Crippen molar-refractivity contribution in [1.82, 2.24) is 20.6 Å². The molecule has 94 valence electrons. The Morgan fingerprint density at radius 1 is 1.25 bits per heavy atom. The van der Waals surface area contributed by atoms with Gasteiger partial charge in [-0.1, -0.05) is 46.8 Å². The fraction of sp³-hybridized carbons (Fsp3) is 0.818. The first-order valence-electron chi connectivity index (χ1n) is 5.76. The number of nitrogens with zero attached hydrogens (tertiary/aromatic N) is 3. The maximum absolute atomic E-state index is 10.9. The minimum absolute atomic E-state index is 0.129. The molecule has 5 nitrogen and oxygen atoms in total. The van der Waals surface area contributed by atoms with Gasteiger partial charge in [-0.3, -0.25) is 4.79 Å². The van der Waals surface area contributed by atoms with Crippen molar-refractivity contribution in [3.8, 4) is 0 Å². The van der Waals surface area contributed by atoms with Gasteiger partial charge in [-0.25, -0.2) is 0 Å². The molecule has 0 radical (unpaired) electrons. The molecular weight excluding hydrogens is 204 g/mol. The number of ketones is 1. The molecule has 1 aromatic heterocycles. The number of aromatic amines is 1. The van der Waals surface area contributed by atoms with Crippen LogP contribution in [0, 0.1) is 0 Å². The Balaban J connectivity index is 0. The van der Waals surface area contributed by atoms with E-state index in [0.29, 0.717) is 12.2 Å². The molecule has 0 amide bonds. The zero-order valence-corrected chi connectivity index (χ0v) is 11.5. The summed E-state index contributed by atoms with van der Waals surface area (Å²) in [6, 6.07) is 0. The molecule has 0 bridgehead atoms. The van der Waals surface area contributed by atoms with Gasteiger partial charge in [0, 0.05) is 11.8 Å². The van der Waals surface area contributed by atoms with Crippen LogP contribution in [0.1, 0.15) is 60.7 Å². The first-order chi connectivity index (χ1) is 7.52. The van der Waals surface area contributed by atoms with E-state index < -0.39 is 0 Å². The average molecular weight is 228 g/mol. The van der Waals surface area contributed by atoms with Gasteiger partial charge in [0.05, 0.1) is 0 Å². The summed E-state index contributed by atoms with van der Waals surface area (Å²) < 4.78 is 0. The summed E-state index contributed by atoms with van der Waals surface area (Å²) in [7, 11) is 0. The number of rotatable bonds is 3. The highest BCUT2D eigenvalue weighted by atomic mass is 16.1. The highest BCUT2D eigenvalue weighted by molar-refractivity contribution is 5.76. The number of carbonyl (C=O) groups is 1. The molecule has 1 rings (SSSR count). The van der Waals surface area contributed by atoms with E-state index in [1.165, 1.54) is 0 Å². The first-order valence-corrected chi connectivity index (χ1v) is 5.76. The van der Waals surface area contributed by atoms with E-state index in [4.69, 9.17) is 0 Å². The van der Waals surface area contributed by atoms with Crippen LogP contribution in [-0.2, 0) is 10.2 Å². The third-order valence-corrected chi connectivity index (χ3v) is 1.64. The highest BCUT2D eigenvalue weighted by Gasteiger charge is 2.26. The van der Waals surface area contributed by atoms with Crippen molar-refractivity contribution >= 4 is 5.78 Å². The molecule has 1 heterocycles. The maximum Gasteiger partial charge on any atom is 0.180 e. The lowest BCUT2D eigenvalue weighted by molar-refractivity contribution is -0.118. The predicted octanol–water partition coefficient (Wildman–Crippen LogP) is 2.51. The quantitative estimate of drug-likeness (QED) is 0.862. The van der Waals surface area contributed by atoms with Crippen LogP contribution < -0.4 is 0 Å². The zero-order chi connectivity index (χ0) is 13.2. The fourth-order valence-corrected chi connectivity index (χ4v) is 1.15. The number of H-pyrrole nitrogens is 1. The summed E-state index contributed by atoms with van der Waals surface area (Å²) in [4.78, 5) is 10.9. The van der Waals surface area contributed by atoms with Crippen molar-refractivity contribution in [2.75, 3.05) is 0 Å². The molecule has 0 saturated heterocycles. The molecule has 0 aliphatic heterocycles. The maximum atomic E-state index is 10.9. The van der Waals surface area contributed by atoms with Gasteiger partial charge in [-0.15, -0.1) is 10.2 Å². The van der Waals surface area contributed by atoms with E-state index in [1.807, 2.05) is 41.5 Å². The summed E-state index contributed by atoms with van der Waals surface area (Å²) in [6.45, 7) is 13.4. The fourth-order valence-electron chi connectivity index (χ4n) is 1.15. The normalized spacial score (nSPS) is 9.44. The second-order valence-corrected chi connectivity index (χ2v) is 3.50. The molecule has 0 unspecified atom stereocenters. The van der Waals surface area contributed by atoms with E-state index in [2.05, 4.69) is 20.6 Å². The molecule has 0 spiro atoms. The molecule has 1 N–H and O–H groups in total. The lowest BCUT2D eigenvalue weighted by Gasteiger charge is -2.17. The largest absolute Gasteiger partial charge is 0.300 e. The Labute approximate surface area is 98.0 Å². The summed E-state index contributed by atoms with van der Waals surface area (Å²) in [5.41, 5.74) is -0.321. The number of hydrogen-bond acceptors (Lipinski definition) is 4. The Kier molecular flexibility index (Phi) is 9.65. The van der Waals surface area contributed by atoms with Gasteiger partial charge in [0.15, 0.2) is 5.82 Å². The molecule has 0 aromatic carbocycles. The minimum atomic E-state index is -0.321. The molecule has 1 aromatic rings. The van der Waals surface area contributed by atoms with Crippen LogP contribution in [0.15, 0.2) is 0 Å². The topological polar surface area (TPSA) is 71.5 Å². The second kappa shape index (κ2) is 9.00. The molecule has 0 atom stereocenters. The van der Waals surface area contributed by atoms with Crippen molar-refractivity contribution in [3.63, 3.8) is 0 Å². The van der Waals surface area contributed by atoms with E-state index in [9.17, 15) is 4.79 Å². The summed E-state index contributed by atoms with van der Waals surface area (Å²) in [5.74, 6) is 0.711. The number of hydrogen-bond donors (Lipinski definition) is 1. The van der Waals surface area contributed by atoms with Crippen molar-refractivity contribution in [1.29, 1.82) is 0 Å². The molecule has 0 aliphatic rings. The first kappa shape index (κ1) is 17.1. The Morgan fingerprint density at radius 3 is 2.06 bits per heavy atom. The lowest BCUT2D eigenvalue weighted by Crippen LogP contribution is -2.22. The third-order valence-electron chi connectivity index (χ3n) is 1.64. The predicted molar refractivity (Wildman–Crippen MR) is 65.2 cm³/mol. The zero-order valence-electron chi connectivity index (χ0n) is 11.5. The average Bonchev–Trinajstić information content (AvgIpc) is 2.75. The van der Waals surface area contributed by atoms with Gasteiger partial charge in [0.1, 0.15) is 5.78 Å². The van der Waals surface area contributed by atoms with Crippen LogP contribution >= 0.6 is 0 Å². The van der Waals surface area contributed by atoms with Crippen LogP contribution in [0.25, 0.3) is 0 Å². The monoisotopic (exact) mass is 228 g/mol. The summed E-state index contributed by atoms with van der Waals surface area (Å²) >= 11 is 0. The summed E-state index contributed by atoms with van der Waals surface area (Å²) in [6.07, 6.45) is 0.437. The van der Waals surface area contributed by atoms with Crippen LogP contribution in [0.4, 0.5) is 0 Å². The molecule has 16 heavy (non-hydrogen) atoms. The van der Waals surface area contributed by atoms with Crippen LogP contribution in [0.5, 0.6) is 0 Å². The molecule has 0 saturated carbocycles. The summed E-state index contributed by atoms with van der Waals surface area (Å²) in [5, 5.41) is 13.5. The standard InChI is InChI=1S/C7H12N4O.2C2H6/c1-5(12)4-7(2,3)6-8-10-11-9-6;2*1-2/h4H2,1-3H3,(H,8,9,10,11);2*1-2H3. The van der Waals surface area contributed by atoms with E-state index >= 15 is 0 Å². The number of carbonyl (C=O) groups excluding carboxylic acids is 1. The van der Waals surface area contributed by atoms with Gasteiger partial charge in [0.25, 0.3) is 0 Å². The Hall–Kier alpha value is -1.26.